The van der Waals surface area contributed by atoms with Gasteiger partial charge in [-0.25, -0.2) is 0 Å². The van der Waals surface area contributed by atoms with E-state index in [1.54, 1.807) is 0 Å². The quantitative estimate of drug-likeness (QED) is 0.805. The molecule has 23 heavy (non-hydrogen) atoms. The van der Waals surface area contributed by atoms with Gasteiger partial charge in [0.25, 0.3) is 0 Å². The second kappa shape index (κ2) is 7.87. The largest absolute Gasteiger partial charge is 0.481 e. The molecular formula is C19H23NO3. The molecule has 0 saturated heterocycles. The first kappa shape index (κ1) is 17.1. The SMILES string of the molecule is Cc1ccc(OCC#Cc2ccc(CCC(C)(N)CO)o2)cc1. The summed E-state index contributed by atoms with van der Waals surface area (Å²) in [4.78, 5) is 0. The van der Waals surface area contributed by atoms with E-state index in [4.69, 9.17) is 20.0 Å². The highest BCUT2D eigenvalue weighted by Crippen LogP contribution is 2.14. The molecule has 1 unspecified atom stereocenters. The Balaban J connectivity index is 1.81. The first-order chi connectivity index (χ1) is 11.0. The van der Waals surface area contributed by atoms with Crippen LogP contribution in [-0.2, 0) is 6.42 Å². The van der Waals surface area contributed by atoms with Crippen LogP contribution in [0.5, 0.6) is 5.75 Å². The Morgan fingerprint density at radius 1 is 1.22 bits per heavy atom. The van der Waals surface area contributed by atoms with Gasteiger partial charge in [0.15, 0.2) is 5.76 Å². The van der Waals surface area contributed by atoms with E-state index in [0.29, 0.717) is 25.2 Å². The maximum atomic E-state index is 9.14. The molecule has 2 rings (SSSR count). The van der Waals surface area contributed by atoms with Crippen molar-refractivity contribution in [3.8, 4) is 17.6 Å². The Kier molecular flexibility index (Phi) is 5.86. The van der Waals surface area contributed by atoms with E-state index in [9.17, 15) is 0 Å². The molecule has 4 nitrogen and oxygen atoms in total. The lowest BCUT2D eigenvalue weighted by atomic mass is 9.98. The molecule has 0 fully saturated rings. The van der Waals surface area contributed by atoms with Gasteiger partial charge >= 0.3 is 0 Å². The molecule has 1 atom stereocenters. The van der Waals surface area contributed by atoms with Crippen LogP contribution in [0, 0.1) is 18.8 Å². The van der Waals surface area contributed by atoms with Crippen LogP contribution in [0.4, 0.5) is 0 Å². The minimum absolute atomic E-state index is 0.0449. The summed E-state index contributed by atoms with van der Waals surface area (Å²) in [7, 11) is 0. The van der Waals surface area contributed by atoms with Crippen LogP contribution in [0.15, 0.2) is 40.8 Å². The molecule has 0 amide bonds. The second-order valence-corrected chi connectivity index (χ2v) is 5.98. The Hall–Kier alpha value is -2.22. The van der Waals surface area contributed by atoms with Gasteiger partial charge in [-0.15, -0.1) is 0 Å². The number of hydrogen-bond donors (Lipinski definition) is 2. The zero-order valence-corrected chi connectivity index (χ0v) is 13.6. The molecule has 1 heterocycles. The average molecular weight is 313 g/mol. The molecule has 0 aliphatic carbocycles. The average Bonchev–Trinajstić information content (AvgIpc) is 2.99. The summed E-state index contributed by atoms with van der Waals surface area (Å²) < 4.78 is 11.2. The number of ether oxygens (including phenoxy) is 1. The topological polar surface area (TPSA) is 68.6 Å². The molecule has 4 heteroatoms. The maximum absolute atomic E-state index is 9.14. The fraction of sp³-hybridized carbons (Fsp3) is 0.368. The van der Waals surface area contributed by atoms with Crippen LogP contribution in [0.2, 0.25) is 0 Å². The molecule has 0 spiro atoms. The normalized spacial score (nSPS) is 13.0. The minimum atomic E-state index is -0.583. The van der Waals surface area contributed by atoms with Gasteiger partial charge in [0, 0.05) is 12.0 Å². The van der Waals surface area contributed by atoms with Crippen molar-refractivity contribution in [1.29, 1.82) is 0 Å². The third-order valence-electron chi connectivity index (χ3n) is 3.51. The van der Waals surface area contributed by atoms with E-state index in [1.165, 1.54) is 5.56 Å². The van der Waals surface area contributed by atoms with Crippen LogP contribution in [-0.4, -0.2) is 23.9 Å². The van der Waals surface area contributed by atoms with E-state index in [0.717, 1.165) is 11.5 Å². The molecule has 0 radical (unpaired) electrons. The molecule has 0 bridgehead atoms. The molecule has 3 N–H and O–H groups in total. The molecular weight excluding hydrogens is 290 g/mol. The second-order valence-electron chi connectivity index (χ2n) is 5.98. The highest BCUT2D eigenvalue weighted by atomic mass is 16.5. The lowest BCUT2D eigenvalue weighted by Gasteiger charge is -2.20. The van der Waals surface area contributed by atoms with Crippen molar-refractivity contribution >= 4 is 0 Å². The van der Waals surface area contributed by atoms with Crippen LogP contribution in [0.3, 0.4) is 0 Å². The molecule has 2 aromatic rings. The van der Waals surface area contributed by atoms with Crippen molar-refractivity contribution < 1.29 is 14.3 Å². The van der Waals surface area contributed by atoms with Crippen LogP contribution >= 0.6 is 0 Å². The van der Waals surface area contributed by atoms with Crippen molar-refractivity contribution in [2.45, 2.75) is 32.2 Å². The van der Waals surface area contributed by atoms with E-state index < -0.39 is 5.54 Å². The molecule has 1 aromatic carbocycles. The first-order valence-electron chi connectivity index (χ1n) is 7.65. The fourth-order valence-corrected chi connectivity index (χ4v) is 1.94. The summed E-state index contributed by atoms with van der Waals surface area (Å²) in [6, 6.07) is 11.6. The number of hydrogen-bond acceptors (Lipinski definition) is 4. The van der Waals surface area contributed by atoms with Crippen molar-refractivity contribution in [1.82, 2.24) is 0 Å². The number of benzene rings is 1. The summed E-state index contributed by atoms with van der Waals surface area (Å²) in [5, 5.41) is 9.14. The van der Waals surface area contributed by atoms with Gasteiger partial charge in [-0.05, 0) is 50.5 Å². The zero-order valence-electron chi connectivity index (χ0n) is 13.6. The highest BCUT2D eigenvalue weighted by Gasteiger charge is 2.17. The number of nitrogens with two attached hydrogens (primary N) is 1. The smallest absolute Gasteiger partial charge is 0.177 e. The van der Waals surface area contributed by atoms with Crippen LogP contribution < -0.4 is 10.5 Å². The van der Waals surface area contributed by atoms with Crippen molar-refractivity contribution in [3.05, 3.63) is 53.5 Å². The van der Waals surface area contributed by atoms with E-state index in [-0.39, 0.29) is 6.61 Å². The third kappa shape index (κ3) is 5.82. The fourth-order valence-electron chi connectivity index (χ4n) is 1.94. The first-order valence-corrected chi connectivity index (χ1v) is 7.65. The minimum Gasteiger partial charge on any atom is -0.481 e. The monoisotopic (exact) mass is 313 g/mol. The summed E-state index contributed by atoms with van der Waals surface area (Å²) in [5.74, 6) is 8.09. The van der Waals surface area contributed by atoms with Gasteiger partial charge in [0.05, 0.1) is 6.61 Å². The van der Waals surface area contributed by atoms with Crippen molar-refractivity contribution in [3.63, 3.8) is 0 Å². The predicted octanol–water partition coefficient (Wildman–Crippen LogP) is 2.66. The summed E-state index contributed by atoms with van der Waals surface area (Å²) >= 11 is 0. The Bertz CT molecular complexity index is 675. The van der Waals surface area contributed by atoms with E-state index >= 15 is 0 Å². The maximum Gasteiger partial charge on any atom is 0.177 e. The number of rotatable bonds is 6. The zero-order chi connectivity index (χ0) is 16.7. The third-order valence-corrected chi connectivity index (χ3v) is 3.51. The van der Waals surface area contributed by atoms with Crippen LogP contribution in [0.25, 0.3) is 0 Å². The van der Waals surface area contributed by atoms with Gasteiger partial charge in [0.2, 0.25) is 0 Å². The molecule has 0 saturated carbocycles. The molecule has 0 aliphatic heterocycles. The number of furan rings is 1. The number of aliphatic hydroxyl groups excluding tert-OH is 1. The summed E-state index contributed by atoms with van der Waals surface area (Å²) in [5.41, 5.74) is 6.51. The molecule has 122 valence electrons. The molecule has 1 aromatic heterocycles. The Morgan fingerprint density at radius 2 is 1.96 bits per heavy atom. The van der Waals surface area contributed by atoms with Gasteiger partial charge < -0.3 is 20.0 Å². The van der Waals surface area contributed by atoms with E-state index in [2.05, 4.69) is 11.8 Å². The van der Waals surface area contributed by atoms with Crippen molar-refractivity contribution in [2.24, 2.45) is 5.73 Å². The number of aliphatic hydroxyl groups is 1. The van der Waals surface area contributed by atoms with Gasteiger partial charge in [-0.3, -0.25) is 0 Å². The van der Waals surface area contributed by atoms with Gasteiger partial charge in [0.1, 0.15) is 18.1 Å². The van der Waals surface area contributed by atoms with Gasteiger partial charge in [-0.2, -0.15) is 0 Å². The number of aryl methyl sites for hydroxylation is 2. The Morgan fingerprint density at radius 3 is 2.65 bits per heavy atom. The standard InChI is InChI=1S/C19H23NO3/c1-15-5-7-16(8-6-15)22-13-3-4-17-9-10-18(23-17)11-12-19(2,20)14-21/h5-10,21H,11-14,20H2,1-2H3. The lowest BCUT2D eigenvalue weighted by molar-refractivity contribution is 0.199. The van der Waals surface area contributed by atoms with Gasteiger partial charge in [-0.1, -0.05) is 23.6 Å². The molecule has 0 aliphatic rings. The summed E-state index contributed by atoms with van der Waals surface area (Å²) in [6.07, 6.45) is 1.33. The lowest BCUT2D eigenvalue weighted by Crippen LogP contribution is -2.40. The summed E-state index contributed by atoms with van der Waals surface area (Å²) in [6.45, 7) is 4.12. The van der Waals surface area contributed by atoms with E-state index in [1.807, 2.05) is 50.2 Å². The Labute approximate surface area is 137 Å². The van der Waals surface area contributed by atoms with Crippen LogP contribution in [0.1, 0.15) is 30.4 Å². The predicted molar refractivity (Wildman–Crippen MR) is 90.3 cm³/mol. The highest BCUT2D eigenvalue weighted by molar-refractivity contribution is 5.29. The van der Waals surface area contributed by atoms with Crippen molar-refractivity contribution in [2.75, 3.05) is 13.2 Å².